The lowest BCUT2D eigenvalue weighted by atomic mass is 9.98. The minimum atomic E-state index is -0.326. The number of ether oxygens (including phenoxy) is 2. The van der Waals surface area contributed by atoms with Crippen LogP contribution in [0.3, 0.4) is 0 Å². The Kier molecular flexibility index (Phi) is 6.68. The molecule has 0 N–H and O–H groups in total. The third-order valence-corrected chi connectivity index (χ3v) is 4.60. The monoisotopic (exact) mass is 375 g/mol. The third kappa shape index (κ3) is 4.71. The molecule has 0 aliphatic heterocycles. The van der Waals surface area contributed by atoms with Crippen molar-refractivity contribution in [2.75, 3.05) is 13.7 Å². The Morgan fingerprint density at radius 1 is 0.893 bits per heavy atom. The van der Waals surface area contributed by atoms with Gasteiger partial charge in [0, 0.05) is 18.7 Å². The van der Waals surface area contributed by atoms with Gasteiger partial charge in [-0.2, -0.15) is 0 Å². The molecule has 0 fully saturated rings. The lowest BCUT2D eigenvalue weighted by Gasteiger charge is -2.23. The van der Waals surface area contributed by atoms with E-state index in [0.29, 0.717) is 13.1 Å². The van der Waals surface area contributed by atoms with Gasteiger partial charge >= 0.3 is 6.09 Å². The second-order valence-electron chi connectivity index (χ2n) is 6.41. The topological polar surface area (TPSA) is 38.8 Å². The van der Waals surface area contributed by atoms with Gasteiger partial charge in [0.25, 0.3) is 0 Å². The molecule has 3 aromatic rings. The van der Waals surface area contributed by atoms with Crippen LogP contribution >= 0.6 is 0 Å². The van der Waals surface area contributed by atoms with E-state index in [1.807, 2.05) is 85.8 Å². The van der Waals surface area contributed by atoms with Gasteiger partial charge in [0.05, 0.1) is 7.11 Å². The predicted octanol–water partition coefficient (Wildman–Crippen LogP) is 5.52. The summed E-state index contributed by atoms with van der Waals surface area (Å²) in [5, 5.41) is 0. The Hall–Kier alpha value is -3.27. The number of nitrogens with zero attached hydrogens (tertiary/aromatic N) is 1. The van der Waals surface area contributed by atoms with Crippen LogP contribution in [0.5, 0.6) is 5.75 Å². The molecule has 3 aromatic carbocycles. The van der Waals surface area contributed by atoms with Crippen LogP contribution in [0.25, 0.3) is 11.1 Å². The molecule has 28 heavy (non-hydrogen) atoms. The molecule has 0 saturated heterocycles. The number of hydrogen-bond acceptors (Lipinski definition) is 3. The molecule has 0 saturated carbocycles. The highest BCUT2D eigenvalue weighted by atomic mass is 16.6. The Labute approximate surface area is 166 Å². The van der Waals surface area contributed by atoms with Gasteiger partial charge in [-0.1, -0.05) is 72.8 Å². The van der Waals surface area contributed by atoms with Crippen LogP contribution in [0.1, 0.15) is 18.1 Å². The van der Waals surface area contributed by atoms with Gasteiger partial charge in [-0.15, -0.1) is 0 Å². The van der Waals surface area contributed by atoms with Crippen molar-refractivity contribution in [3.05, 3.63) is 90.0 Å². The molecule has 144 valence electrons. The summed E-state index contributed by atoms with van der Waals surface area (Å²) in [7, 11) is 1.66. The highest BCUT2D eigenvalue weighted by Gasteiger charge is 2.18. The lowest BCUT2D eigenvalue weighted by molar-refractivity contribution is 0.0957. The first kappa shape index (κ1) is 19.5. The molecule has 4 heteroatoms. The summed E-state index contributed by atoms with van der Waals surface area (Å²) in [5.74, 6) is 0.789. The van der Waals surface area contributed by atoms with Gasteiger partial charge in [0.1, 0.15) is 12.4 Å². The molecule has 0 bridgehead atoms. The maximum Gasteiger partial charge on any atom is 0.410 e. The molecule has 0 aliphatic rings. The van der Waals surface area contributed by atoms with Gasteiger partial charge in [-0.25, -0.2) is 4.79 Å². The van der Waals surface area contributed by atoms with E-state index in [0.717, 1.165) is 28.0 Å². The van der Waals surface area contributed by atoms with Crippen molar-refractivity contribution in [2.24, 2.45) is 0 Å². The largest absolute Gasteiger partial charge is 0.496 e. The maximum atomic E-state index is 12.6. The number of benzene rings is 3. The van der Waals surface area contributed by atoms with Gasteiger partial charge in [-0.05, 0) is 29.7 Å². The van der Waals surface area contributed by atoms with E-state index in [4.69, 9.17) is 9.47 Å². The lowest BCUT2D eigenvalue weighted by Crippen LogP contribution is -2.31. The van der Waals surface area contributed by atoms with Gasteiger partial charge in [0.15, 0.2) is 0 Å². The number of rotatable bonds is 7. The second-order valence-corrected chi connectivity index (χ2v) is 6.41. The molecule has 0 atom stereocenters. The highest BCUT2D eigenvalue weighted by molar-refractivity contribution is 5.75. The van der Waals surface area contributed by atoms with Crippen LogP contribution in [0.4, 0.5) is 4.79 Å². The van der Waals surface area contributed by atoms with Crippen molar-refractivity contribution in [3.63, 3.8) is 0 Å². The minimum Gasteiger partial charge on any atom is -0.496 e. The van der Waals surface area contributed by atoms with E-state index in [1.165, 1.54) is 0 Å². The summed E-state index contributed by atoms with van der Waals surface area (Å²) in [6.45, 7) is 3.22. The summed E-state index contributed by atoms with van der Waals surface area (Å²) in [6, 6.07) is 25.7. The van der Waals surface area contributed by atoms with E-state index in [9.17, 15) is 4.79 Å². The first-order valence-corrected chi connectivity index (χ1v) is 9.39. The molecule has 0 spiro atoms. The second kappa shape index (κ2) is 9.60. The number of carbonyl (C=O) groups excluding carboxylic acids is 1. The Balaban J connectivity index is 1.80. The number of hydrogen-bond donors (Lipinski definition) is 0. The first-order valence-electron chi connectivity index (χ1n) is 9.39. The molecule has 0 aromatic heterocycles. The van der Waals surface area contributed by atoms with Crippen molar-refractivity contribution >= 4 is 6.09 Å². The molecule has 0 aliphatic carbocycles. The molecule has 1 amide bonds. The van der Waals surface area contributed by atoms with Crippen LogP contribution < -0.4 is 4.74 Å². The molecular formula is C24H25NO3. The molecule has 4 nitrogen and oxygen atoms in total. The summed E-state index contributed by atoms with van der Waals surface area (Å²) < 4.78 is 11.1. The summed E-state index contributed by atoms with van der Waals surface area (Å²) in [4.78, 5) is 14.3. The fourth-order valence-corrected chi connectivity index (χ4v) is 3.13. The maximum absolute atomic E-state index is 12.6. The summed E-state index contributed by atoms with van der Waals surface area (Å²) in [6.07, 6.45) is -0.326. The predicted molar refractivity (Wildman–Crippen MR) is 111 cm³/mol. The van der Waals surface area contributed by atoms with Crippen LogP contribution in [0.15, 0.2) is 78.9 Å². The summed E-state index contributed by atoms with van der Waals surface area (Å²) >= 11 is 0. The number of amides is 1. The Morgan fingerprint density at radius 2 is 1.57 bits per heavy atom. The van der Waals surface area contributed by atoms with E-state index in [1.54, 1.807) is 12.0 Å². The SMILES string of the molecule is CCN(Cc1cccc(OC)c1-c1ccccc1)C(=O)OCc1ccccc1. The zero-order valence-electron chi connectivity index (χ0n) is 16.3. The Bertz CT molecular complexity index is 894. The fourth-order valence-electron chi connectivity index (χ4n) is 3.13. The quantitative estimate of drug-likeness (QED) is 0.546. The van der Waals surface area contributed by atoms with E-state index < -0.39 is 0 Å². The first-order chi connectivity index (χ1) is 13.7. The molecule has 0 unspecified atom stereocenters. The third-order valence-electron chi connectivity index (χ3n) is 4.60. The average Bonchev–Trinajstić information content (AvgIpc) is 2.76. The van der Waals surface area contributed by atoms with Crippen molar-refractivity contribution in [2.45, 2.75) is 20.1 Å². The smallest absolute Gasteiger partial charge is 0.410 e. The van der Waals surface area contributed by atoms with E-state index in [2.05, 4.69) is 0 Å². The van der Waals surface area contributed by atoms with Gasteiger partial charge in [0.2, 0.25) is 0 Å². The standard InChI is InChI=1S/C24H25NO3/c1-3-25(24(26)28-18-19-11-6-4-7-12-19)17-21-15-10-16-22(27-2)23(21)20-13-8-5-9-14-20/h4-16H,3,17-18H2,1-2H3. The van der Waals surface area contributed by atoms with Crippen LogP contribution in [-0.4, -0.2) is 24.6 Å². The molecule has 3 rings (SSSR count). The number of methoxy groups -OCH3 is 1. The Morgan fingerprint density at radius 3 is 2.21 bits per heavy atom. The van der Waals surface area contributed by atoms with E-state index >= 15 is 0 Å². The summed E-state index contributed by atoms with van der Waals surface area (Å²) in [5.41, 5.74) is 4.05. The zero-order valence-corrected chi connectivity index (χ0v) is 16.3. The fraction of sp³-hybridized carbons (Fsp3) is 0.208. The van der Waals surface area contributed by atoms with Crippen LogP contribution in [0, 0.1) is 0 Å². The van der Waals surface area contributed by atoms with Crippen molar-refractivity contribution in [1.29, 1.82) is 0 Å². The number of carbonyl (C=O) groups is 1. The minimum absolute atomic E-state index is 0.264. The molecule has 0 heterocycles. The van der Waals surface area contributed by atoms with Crippen LogP contribution in [-0.2, 0) is 17.9 Å². The van der Waals surface area contributed by atoms with Crippen LogP contribution in [0.2, 0.25) is 0 Å². The van der Waals surface area contributed by atoms with Crippen molar-refractivity contribution < 1.29 is 14.3 Å². The molecule has 0 radical (unpaired) electrons. The average molecular weight is 375 g/mol. The van der Waals surface area contributed by atoms with E-state index in [-0.39, 0.29) is 12.7 Å². The van der Waals surface area contributed by atoms with Crippen molar-refractivity contribution in [3.8, 4) is 16.9 Å². The normalized spacial score (nSPS) is 10.4. The van der Waals surface area contributed by atoms with Gasteiger partial charge < -0.3 is 14.4 Å². The van der Waals surface area contributed by atoms with Gasteiger partial charge in [-0.3, -0.25) is 0 Å². The zero-order chi connectivity index (χ0) is 19.8. The highest BCUT2D eigenvalue weighted by Crippen LogP contribution is 2.34. The molecular weight excluding hydrogens is 350 g/mol. The van der Waals surface area contributed by atoms with Crippen molar-refractivity contribution in [1.82, 2.24) is 4.90 Å².